The Hall–Kier alpha value is -1.03. The van der Waals surface area contributed by atoms with Crippen LogP contribution in [0.2, 0.25) is 0 Å². The third kappa shape index (κ3) is 5.25. The SMILES string of the molecule is CC/C(C#N)=C(\C)CCC=C(C)C. The summed E-state index contributed by atoms with van der Waals surface area (Å²) in [5, 5.41) is 8.78. The normalized spacial score (nSPS) is 11.6. The van der Waals surface area contributed by atoms with E-state index in [0.29, 0.717) is 0 Å². The number of hydrogen-bond acceptors (Lipinski definition) is 1. The summed E-state index contributed by atoms with van der Waals surface area (Å²) < 4.78 is 0. The Morgan fingerprint density at radius 2 is 1.92 bits per heavy atom. The van der Waals surface area contributed by atoms with Crippen LogP contribution in [0, 0.1) is 11.3 Å². The molecule has 0 radical (unpaired) electrons. The molecule has 0 spiro atoms. The average Bonchev–Trinajstić information content (AvgIpc) is 2.05. The highest BCUT2D eigenvalue weighted by molar-refractivity contribution is 5.26. The smallest absolute Gasteiger partial charge is 0.0946 e. The molecule has 0 rings (SSSR count). The van der Waals surface area contributed by atoms with Crippen LogP contribution in [0.5, 0.6) is 0 Å². The van der Waals surface area contributed by atoms with E-state index in [-0.39, 0.29) is 0 Å². The van der Waals surface area contributed by atoms with Gasteiger partial charge in [-0.15, -0.1) is 0 Å². The van der Waals surface area contributed by atoms with Gasteiger partial charge in [-0.1, -0.05) is 24.1 Å². The van der Waals surface area contributed by atoms with Gasteiger partial charge in [0.05, 0.1) is 6.07 Å². The molecular weight excluding hydrogens is 158 g/mol. The zero-order valence-corrected chi connectivity index (χ0v) is 9.15. The van der Waals surface area contributed by atoms with Crippen molar-refractivity contribution in [2.24, 2.45) is 0 Å². The first-order chi connectivity index (χ1) is 6.11. The largest absolute Gasteiger partial charge is 0.193 e. The molecule has 0 aromatic rings. The van der Waals surface area contributed by atoms with Crippen LogP contribution in [0.3, 0.4) is 0 Å². The lowest BCUT2D eigenvalue weighted by Gasteiger charge is -2.01. The van der Waals surface area contributed by atoms with Crippen LogP contribution in [0.1, 0.15) is 47.0 Å². The fraction of sp³-hybridized carbons (Fsp3) is 0.583. The zero-order valence-electron chi connectivity index (χ0n) is 9.15. The van der Waals surface area contributed by atoms with Gasteiger partial charge < -0.3 is 0 Å². The van der Waals surface area contributed by atoms with E-state index in [0.717, 1.165) is 24.8 Å². The quantitative estimate of drug-likeness (QED) is 0.470. The minimum absolute atomic E-state index is 0.858. The maximum atomic E-state index is 8.78. The maximum Gasteiger partial charge on any atom is 0.0946 e. The fourth-order valence-electron chi connectivity index (χ4n) is 1.20. The number of rotatable bonds is 4. The fourth-order valence-corrected chi connectivity index (χ4v) is 1.20. The van der Waals surface area contributed by atoms with Gasteiger partial charge in [-0.2, -0.15) is 5.26 Å². The van der Waals surface area contributed by atoms with E-state index < -0.39 is 0 Å². The molecular formula is C12H19N. The van der Waals surface area contributed by atoms with Crippen LogP contribution in [0.4, 0.5) is 0 Å². The highest BCUT2D eigenvalue weighted by atomic mass is 14.2. The van der Waals surface area contributed by atoms with Crippen LogP contribution >= 0.6 is 0 Å². The molecule has 72 valence electrons. The van der Waals surface area contributed by atoms with Crippen molar-refractivity contribution in [2.45, 2.75) is 47.0 Å². The third-order valence-corrected chi connectivity index (χ3v) is 2.08. The predicted octanol–water partition coefficient (Wildman–Crippen LogP) is 3.98. The molecule has 0 bridgehead atoms. The summed E-state index contributed by atoms with van der Waals surface area (Å²) in [5.74, 6) is 0. The molecule has 0 aromatic heterocycles. The first-order valence-corrected chi connectivity index (χ1v) is 4.83. The Morgan fingerprint density at radius 1 is 1.31 bits per heavy atom. The van der Waals surface area contributed by atoms with Crippen molar-refractivity contribution in [2.75, 3.05) is 0 Å². The van der Waals surface area contributed by atoms with Gasteiger partial charge in [0.1, 0.15) is 0 Å². The molecule has 0 aliphatic rings. The van der Waals surface area contributed by atoms with E-state index in [1.165, 1.54) is 11.1 Å². The number of nitriles is 1. The van der Waals surface area contributed by atoms with Crippen LogP contribution in [-0.2, 0) is 0 Å². The Bertz CT molecular complexity index is 247. The summed E-state index contributed by atoms with van der Waals surface area (Å²) in [6.07, 6.45) is 5.15. The summed E-state index contributed by atoms with van der Waals surface area (Å²) in [6.45, 7) is 8.29. The summed E-state index contributed by atoms with van der Waals surface area (Å²) in [4.78, 5) is 0. The molecule has 0 heterocycles. The molecule has 0 aromatic carbocycles. The molecule has 0 saturated carbocycles. The van der Waals surface area contributed by atoms with E-state index in [9.17, 15) is 0 Å². The molecule has 13 heavy (non-hydrogen) atoms. The van der Waals surface area contributed by atoms with Crippen LogP contribution in [0.15, 0.2) is 22.8 Å². The van der Waals surface area contributed by atoms with Crippen molar-refractivity contribution in [3.63, 3.8) is 0 Å². The second-order valence-electron chi connectivity index (χ2n) is 3.54. The third-order valence-electron chi connectivity index (χ3n) is 2.08. The molecule has 1 heteroatoms. The minimum Gasteiger partial charge on any atom is -0.193 e. The summed E-state index contributed by atoms with van der Waals surface area (Å²) >= 11 is 0. The van der Waals surface area contributed by atoms with Crippen molar-refractivity contribution in [1.29, 1.82) is 5.26 Å². The topological polar surface area (TPSA) is 23.8 Å². The average molecular weight is 177 g/mol. The molecule has 0 amide bonds. The Labute approximate surface area is 81.8 Å². The zero-order chi connectivity index (χ0) is 10.3. The van der Waals surface area contributed by atoms with Crippen LogP contribution in [0.25, 0.3) is 0 Å². The minimum atomic E-state index is 0.858. The number of nitrogens with zero attached hydrogens (tertiary/aromatic N) is 1. The van der Waals surface area contributed by atoms with Gasteiger partial charge in [-0.05, 0) is 40.0 Å². The predicted molar refractivity (Wildman–Crippen MR) is 57.3 cm³/mol. The Morgan fingerprint density at radius 3 is 2.31 bits per heavy atom. The highest BCUT2D eigenvalue weighted by Crippen LogP contribution is 2.13. The van der Waals surface area contributed by atoms with Crippen LogP contribution < -0.4 is 0 Å². The molecule has 1 nitrogen and oxygen atoms in total. The number of allylic oxidation sites excluding steroid dienone is 4. The number of hydrogen-bond donors (Lipinski definition) is 0. The standard InChI is InChI=1S/C12H19N/c1-5-12(9-13)11(4)8-6-7-10(2)3/h7H,5-6,8H2,1-4H3/b12-11-. The molecule has 0 fully saturated rings. The summed E-state index contributed by atoms with van der Waals surface area (Å²) in [6, 6.07) is 2.25. The lowest BCUT2D eigenvalue weighted by molar-refractivity contribution is 0.935. The van der Waals surface area contributed by atoms with Gasteiger partial charge in [0.15, 0.2) is 0 Å². The second-order valence-corrected chi connectivity index (χ2v) is 3.54. The molecule has 0 aliphatic heterocycles. The van der Waals surface area contributed by atoms with Crippen molar-refractivity contribution in [3.05, 3.63) is 22.8 Å². The first kappa shape index (κ1) is 12.0. The van der Waals surface area contributed by atoms with Crippen LogP contribution in [-0.4, -0.2) is 0 Å². The Kier molecular flexibility index (Phi) is 5.97. The van der Waals surface area contributed by atoms with Gasteiger partial charge in [0.2, 0.25) is 0 Å². The van der Waals surface area contributed by atoms with E-state index in [1.807, 2.05) is 6.92 Å². The summed E-state index contributed by atoms with van der Waals surface area (Å²) in [5.41, 5.74) is 3.53. The van der Waals surface area contributed by atoms with Gasteiger partial charge in [0, 0.05) is 5.57 Å². The molecule has 0 N–H and O–H groups in total. The van der Waals surface area contributed by atoms with E-state index >= 15 is 0 Å². The lowest BCUT2D eigenvalue weighted by atomic mass is 10.0. The first-order valence-electron chi connectivity index (χ1n) is 4.83. The highest BCUT2D eigenvalue weighted by Gasteiger charge is 1.97. The van der Waals surface area contributed by atoms with Gasteiger partial charge in [-0.3, -0.25) is 0 Å². The molecule has 0 unspecified atom stereocenters. The van der Waals surface area contributed by atoms with Crippen molar-refractivity contribution < 1.29 is 0 Å². The van der Waals surface area contributed by atoms with E-state index in [4.69, 9.17) is 5.26 Å². The second kappa shape index (κ2) is 6.48. The van der Waals surface area contributed by atoms with Gasteiger partial charge in [-0.25, -0.2) is 0 Å². The van der Waals surface area contributed by atoms with Crippen molar-refractivity contribution in [3.8, 4) is 6.07 Å². The van der Waals surface area contributed by atoms with Gasteiger partial charge in [0.25, 0.3) is 0 Å². The molecule has 0 atom stereocenters. The van der Waals surface area contributed by atoms with Crippen molar-refractivity contribution in [1.82, 2.24) is 0 Å². The monoisotopic (exact) mass is 177 g/mol. The molecule has 0 saturated heterocycles. The lowest BCUT2D eigenvalue weighted by Crippen LogP contribution is -1.84. The summed E-state index contributed by atoms with van der Waals surface area (Å²) in [7, 11) is 0. The van der Waals surface area contributed by atoms with Gasteiger partial charge >= 0.3 is 0 Å². The molecule has 0 aliphatic carbocycles. The van der Waals surface area contributed by atoms with E-state index in [1.54, 1.807) is 0 Å². The Balaban J connectivity index is 4.15. The maximum absolute atomic E-state index is 8.78. The van der Waals surface area contributed by atoms with Crippen molar-refractivity contribution >= 4 is 0 Å². The van der Waals surface area contributed by atoms with E-state index in [2.05, 4.69) is 32.9 Å².